The first kappa shape index (κ1) is 17.3. The average molecular weight is 367 g/mol. The summed E-state index contributed by atoms with van der Waals surface area (Å²) < 4.78 is 2.78. The van der Waals surface area contributed by atoms with Gasteiger partial charge in [0.15, 0.2) is 0 Å². The molecular weight excluding hydrogens is 349 g/mol. The highest BCUT2D eigenvalue weighted by molar-refractivity contribution is 8.34. The minimum atomic E-state index is -1.31. The van der Waals surface area contributed by atoms with E-state index in [1.807, 2.05) is 35.3 Å². The first-order valence-corrected chi connectivity index (χ1v) is 13.4. The highest BCUT2D eigenvalue weighted by Crippen LogP contribution is 2.59. The molecule has 0 atom stereocenters. The Morgan fingerprint density at radius 3 is 1.81 bits per heavy atom. The van der Waals surface area contributed by atoms with Crippen LogP contribution in [0.5, 0.6) is 0 Å². The van der Waals surface area contributed by atoms with E-state index < -0.39 is 8.07 Å². The van der Waals surface area contributed by atoms with Crippen molar-refractivity contribution in [1.82, 2.24) is 0 Å². The smallest absolute Gasteiger partial charge is 0.118 e. The standard InChI is InChI=1S/C16H18S4Si/c1-11-12(2)18-15(17-11)16-19-13(3)14(20-16)9-7-8-10-21(4,5)6/h1-6H3. The van der Waals surface area contributed by atoms with Gasteiger partial charge in [0.1, 0.15) is 8.07 Å². The molecule has 0 saturated heterocycles. The molecule has 2 rings (SSSR count). The summed E-state index contributed by atoms with van der Waals surface area (Å²) in [5.74, 6) is 9.29. The molecule has 2 aliphatic rings. The fraction of sp³-hybridized carbons (Fsp3) is 0.375. The molecule has 21 heavy (non-hydrogen) atoms. The van der Waals surface area contributed by atoms with Crippen LogP contribution in [0.4, 0.5) is 0 Å². The second-order valence-electron chi connectivity index (χ2n) is 5.73. The first-order valence-electron chi connectivity index (χ1n) is 6.63. The van der Waals surface area contributed by atoms with Crippen LogP contribution in [0.25, 0.3) is 0 Å². The molecule has 0 N–H and O–H groups in total. The Morgan fingerprint density at radius 1 is 0.714 bits per heavy atom. The SMILES string of the molecule is CC1=C(C)SC(=C2SC(C)=C(C#CC#C[Si](C)(C)C)S2)S1. The Kier molecular flexibility index (Phi) is 5.79. The van der Waals surface area contributed by atoms with Gasteiger partial charge in [0, 0.05) is 4.91 Å². The van der Waals surface area contributed by atoms with Crippen molar-refractivity contribution in [2.75, 3.05) is 0 Å². The van der Waals surface area contributed by atoms with Crippen molar-refractivity contribution in [1.29, 1.82) is 0 Å². The molecular formula is C16H18S4Si. The Morgan fingerprint density at radius 2 is 1.24 bits per heavy atom. The van der Waals surface area contributed by atoms with Crippen LogP contribution < -0.4 is 0 Å². The lowest BCUT2D eigenvalue weighted by atomic mass is 10.5. The predicted octanol–water partition coefficient (Wildman–Crippen LogP) is 6.44. The predicted molar refractivity (Wildman–Crippen MR) is 107 cm³/mol. The van der Waals surface area contributed by atoms with Gasteiger partial charge in [-0.05, 0) is 48.3 Å². The second-order valence-corrected chi connectivity index (χ2v) is 15.7. The summed E-state index contributed by atoms with van der Waals surface area (Å²) in [4.78, 5) is 5.30. The third kappa shape index (κ3) is 4.98. The van der Waals surface area contributed by atoms with Crippen LogP contribution in [-0.4, -0.2) is 8.07 Å². The van der Waals surface area contributed by atoms with Gasteiger partial charge in [-0.2, -0.15) is 0 Å². The van der Waals surface area contributed by atoms with Gasteiger partial charge in [-0.15, -0.1) is 5.54 Å². The van der Waals surface area contributed by atoms with Gasteiger partial charge in [0.2, 0.25) is 0 Å². The average Bonchev–Trinajstić information content (AvgIpc) is 2.89. The van der Waals surface area contributed by atoms with E-state index in [1.54, 1.807) is 11.8 Å². The zero-order chi connectivity index (χ0) is 15.6. The summed E-state index contributed by atoms with van der Waals surface area (Å²) in [6.07, 6.45) is 0. The molecule has 0 aromatic heterocycles. The molecule has 0 amide bonds. The molecule has 0 aromatic carbocycles. The Bertz CT molecular complexity index is 666. The number of allylic oxidation sites excluding steroid dienone is 4. The quantitative estimate of drug-likeness (QED) is 0.357. The van der Waals surface area contributed by atoms with E-state index in [1.165, 1.54) is 23.2 Å². The second kappa shape index (κ2) is 7.02. The van der Waals surface area contributed by atoms with Crippen LogP contribution in [-0.2, 0) is 0 Å². The zero-order valence-corrected chi connectivity index (χ0v) is 17.4. The maximum absolute atomic E-state index is 3.29. The molecule has 0 aliphatic carbocycles. The van der Waals surface area contributed by atoms with Gasteiger partial charge in [0.25, 0.3) is 0 Å². The van der Waals surface area contributed by atoms with Crippen LogP contribution in [0.2, 0.25) is 19.6 Å². The summed E-state index contributed by atoms with van der Waals surface area (Å²) in [6.45, 7) is 13.2. The van der Waals surface area contributed by atoms with Crippen LogP contribution in [0.15, 0.2) is 28.1 Å². The molecule has 2 aliphatic heterocycles. The lowest BCUT2D eigenvalue weighted by Gasteiger charge is -2.01. The molecule has 0 nitrogen and oxygen atoms in total. The van der Waals surface area contributed by atoms with Crippen molar-refractivity contribution in [3.8, 4) is 23.3 Å². The van der Waals surface area contributed by atoms with Gasteiger partial charge in [-0.25, -0.2) is 0 Å². The third-order valence-corrected chi connectivity index (χ3v) is 9.15. The Hall–Kier alpha value is -0.0431. The van der Waals surface area contributed by atoms with Crippen molar-refractivity contribution in [2.24, 2.45) is 0 Å². The number of rotatable bonds is 0. The monoisotopic (exact) mass is 366 g/mol. The maximum Gasteiger partial charge on any atom is 0.130 e. The fourth-order valence-corrected chi connectivity index (χ4v) is 7.08. The Labute approximate surface area is 146 Å². The lowest BCUT2D eigenvalue weighted by molar-refractivity contribution is 1.57. The van der Waals surface area contributed by atoms with Gasteiger partial charge in [-0.3, -0.25) is 0 Å². The van der Waals surface area contributed by atoms with Gasteiger partial charge >= 0.3 is 0 Å². The Balaban J connectivity index is 2.08. The first-order chi connectivity index (χ1) is 9.76. The minimum absolute atomic E-state index is 1.16. The maximum atomic E-state index is 3.29. The number of thioether (sulfide) groups is 4. The molecule has 0 fully saturated rings. The summed E-state index contributed by atoms with van der Waals surface area (Å²) in [7, 11) is -1.31. The summed E-state index contributed by atoms with van der Waals surface area (Å²) >= 11 is 7.43. The highest BCUT2D eigenvalue weighted by Gasteiger charge is 2.25. The van der Waals surface area contributed by atoms with Gasteiger partial charge in [0.05, 0.1) is 13.4 Å². The number of hydrogen-bond donors (Lipinski definition) is 0. The van der Waals surface area contributed by atoms with Crippen molar-refractivity contribution in [3.63, 3.8) is 0 Å². The lowest BCUT2D eigenvalue weighted by Crippen LogP contribution is -2.16. The largest absolute Gasteiger partial charge is 0.130 e. The van der Waals surface area contributed by atoms with Crippen molar-refractivity contribution >= 4 is 55.1 Å². The van der Waals surface area contributed by atoms with Crippen LogP contribution in [0, 0.1) is 23.3 Å². The highest BCUT2D eigenvalue weighted by atomic mass is 32.2. The molecule has 0 spiro atoms. The molecule has 2 heterocycles. The van der Waals surface area contributed by atoms with E-state index in [4.69, 9.17) is 0 Å². The van der Waals surface area contributed by atoms with Crippen molar-refractivity contribution in [2.45, 2.75) is 40.4 Å². The topological polar surface area (TPSA) is 0 Å². The van der Waals surface area contributed by atoms with E-state index in [2.05, 4.69) is 63.7 Å². The van der Waals surface area contributed by atoms with E-state index in [0.29, 0.717) is 0 Å². The van der Waals surface area contributed by atoms with Crippen LogP contribution >= 0.6 is 47.0 Å². The summed E-state index contributed by atoms with van der Waals surface area (Å²) in [6, 6.07) is 0. The zero-order valence-electron chi connectivity index (χ0n) is 13.1. The third-order valence-electron chi connectivity index (χ3n) is 2.59. The van der Waals surface area contributed by atoms with E-state index in [9.17, 15) is 0 Å². The number of hydrogen-bond acceptors (Lipinski definition) is 4. The van der Waals surface area contributed by atoms with Gasteiger partial charge < -0.3 is 0 Å². The molecule has 110 valence electrons. The van der Waals surface area contributed by atoms with Gasteiger partial charge in [-0.1, -0.05) is 66.7 Å². The van der Waals surface area contributed by atoms with Crippen molar-refractivity contribution < 1.29 is 0 Å². The van der Waals surface area contributed by atoms with Crippen LogP contribution in [0.1, 0.15) is 20.8 Å². The van der Waals surface area contributed by atoms with Crippen molar-refractivity contribution in [3.05, 3.63) is 28.1 Å². The fourth-order valence-electron chi connectivity index (χ4n) is 1.40. The summed E-state index contributed by atoms with van der Waals surface area (Å²) in [5, 5.41) is 0. The van der Waals surface area contributed by atoms with E-state index in [0.717, 1.165) is 4.91 Å². The molecule has 0 unspecified atom stereocenters. The van der Waals surface area contributed by atoms with E-state index in [-0.39, 0.29) is 0 Å². The molecule has 0 radical (unpaired) electrons. The molecule has 5 heteroatoms. The molecule has 0 saturated carbocycles. The van der Waals surface area contributed by atoms with Crippen LogP contribution in [0.3, 0.4) is 0 Å². The summed E-state index contributed by atoms with van der Waals surface area (Å²) in [5.41, 5.74) is 3.29. The minimum Gasteiger partial charge on any atom is -0.118 e. The molecule has 0 bridgehead atoms. The normalized spacial score (nSPS) is 18.8. The molecule has 0 aromatic rings. The van der Waals surface area contributed by atoms with E-state index >= 15 is 0 Å².